The van der Waals surface area contributed by atoms with Gasteiger partial charge in [-0.05, 0) is 37.8 Å². The Morgan fingerprint density at radius 2 is 2.12 bits per heavy atom. The van der Waals surface area contributed by atoms with E-state index in [4.69, 9.17) is 4.74 Å². The normalized spacial score (nSPS) is 11.3. The van der Waals surface area contributed by atoms with E-state index in [-0.39, 0.29) is 0 Å². The first-order chi connectivity index (χ1) is 8.18. The predicted octanol–water partition coefficient (Wildman–Crippen LogP) is 3.60. The lowest BCUT2D eigenvalue weighted by Crippen LogP contribution is -2.19. The molecule has 0 aliphatic rings. The van der Waals surface area contributed by atoms with Crippen LogP contribution in [0, 0.1) is 12.8 Å². The minimum Gasteiger partial charge on any atom is -0.380 e. The topological polar surface area (TPSA) is 21.3 Å². The van der Waals surface area contributed by atoms with E-state index in [1.54, 1.807) is 0 Å². The molecule has 0 radical (unpaired) electrons. The van der Waals surface area contributed by atoms with Crippen LogP contribution in [0.25, 0.3) is 0 Å². The van der Waals surface area contributed by atoms with E-state index in [1.807, 2.05) is 11.3 Å². The van der Waals surface area contributed by atoms with E-state index in [9.17, 15) is 0 Å². The summed E-state index contributed by atoms with van der Waals surface area (Å²) in [4.78, 5) is 2.79. The summed E-state index contributed by atoms with van der Waals surface area (Å²) in [7, 11) is 0. The third-order valence-corrected chi connectivity index (χ3v) is 3.59. The van der Waals surface area contributed by atoms with Crippen LogP contribution in [0.5, 0.6) is 0 Å². The van der Waals surface area contributed by atoms with E-state index in [0.717, 1.165) is 32.2 Å². The van der Waals surface area contributed by atoms with Gasteiger partial charge in [-0.25, -0.2) is 0 Å². The summed E-state index contributed by atoms with van der Waals surface area (Å²) in [5, 5.41) is 3.40. The maximum atomic E-state index is 5.57. The van der Waals surface area contributed by atoms with E-state index in [2.05, 4.69) is 38.2 Å². The first-order valence-corrected chi connectivity index (χ1v) is 7.34. The molecule has 0 saturated heterocycles. The first-order valence-electron chi connectivity index (χ1n) is 6.52. The van der Waals surface area contributed by atoms with E-state index in [0.29, 0.717) is 0 Å². The Labute approximate surface area is 109 Å². The number of aryl methyl sites for hydroxylation is 1. The van der Waals surface area contributed by atoms with E-state index < -0.39 is 0 Å². The molecule has 17 heavy (non-hydrogen) atoms. The van der Waals surface area contributed by atoms with Crippen LogP contribution in [0.3, 0.4) is 0 Å². The number of thiophene rings is 1. The minimum absolute atomic E-state index is 0.791. The molecule has 1 heterocycles. The standard InChI is InChI=1S/C14H25NOS/c1-12(2)5-4-9-16-10-8-15-11-14-7-6-13(3)17-14/h6-7,12,15H,4-5,8-11H2,1-3H3. The van der Waals surface area contributed by atoms with Gasteiger partial charge in [-0.3, -0.25) is 0 Å². The fourth-order valence-electron chi connectivity index (χ4n) is 1.63. The highest BCUT2D eigenvalue weighted by Gasteiger charge is 1.96. The highest BCUT2D eigenvalue weighted by atomic mass is 32.1. The fourth-order valence-corrected chi connectivity index (χ4v) is 2.49. The molecule has 2 nitrogen and oxygen atoms in total. The van der Waals surface area contributed by atoms with Crippen molar-refractivity contribution in [2.45, 2.75) is 40.2 Å². The Morgan fingerprint density at radius 3 is 2.76 bits per heavy atom. The van der Waals surface area contributed by atoms with Crippen molar-refractivity contribution in [1.29, 1.82) is 0 Å². The van der Waals surface area contributed by atoms with Gasteiger partial charge in [0.1, 0.15) is 0 Å². The second kappa shape index (κ2) is 8.67. The van der Waals surface area contributed by atoms with Gasteiger partial charge < -0.3 is 10.1 Å². The summed E-state index contributed by atoms with van der Waals surface area (Å²) in [5.41, 5.74) is 0. The molecule has 0 bridgehead atoms. The lowest BCUT2D eigenvalue weighted by atomic mass is 10.1. The maximum Gasteiger partial charge on any atom is 0.0591 e. The van der Waals surface area contributed by atoms with Crippen molar-refractivity contribution in [3.05, 3.63) is 21.9 Å². The Kier molecular flexibility index (Phi) is 7.49. The fraction of sp³-hybridized carbons (Fsp3) is 0.714. The molecule has 1 N–H and O–H groups in total. The number of ether oxygens (including phenoxy) is 1. The third kappa shape index (κ3) is 7.53. The molecule has 1 aromatic heterocycles. The second-order valence-corrected chi connectivity index (χ2v) is 6.21. The molecular formula is C14H25NOS. The van der Waals surface area contributed by atoms with Gasteiger partial charge in [0.15, 0.2) is 0 Å². The van der Waals surface area contributed by atoms with E-state index >= 15 is 0 Å². The Hall–Kier alpha value is -0.380. The summed E-state index contributed by atoms with van der Waals surface area (Å²) in [6.07, 6.45) is 2.45. The summed E-state index contributed by atoms with van der Waals surface area (Å²) < 4.78 is 5.57. The van der Waals surface area contributed by atoms with Crippen LogP contribution in [0.15, 0.2) is 12.1 Å². The van der Waals surface area contributed by atoms with Crippen LogP contribution in [-0.2, 0) is 11.3 Å². The van der Waals surface area contributed by atoms with Crippen LogP contribution >= 0.6 is 11.3 Å². The van der Waals surface area contributed by atoms with Crippen molar-refractivity contribution >= 4 is 11.3 Å². The zero-order valence-electron chi connectivity index (χ0n) is 11.3. The molecule has 0 fully saturated rings. The number of nitrogens with one attached hydrogen (secondary N) is 1. The van der Waals surface area contributed by atoms with Crippen molar-refractivity contribution in [2.24, 2.45) is 5.92 Å². The van der Waals surface area contributed by atoms with Gasteiger partial charge in [0.25, 0.3) is 0 Å². The van der Waals surface area contributed by atoms with Gasteiger partial charge in [0.05, 0.1) is 6.61 Å². The molecule has 0 aliphatic carbocycles. The average Bonchev–Trinajstić information content (AvgIpc) is 2.68. The van der Waals surface area contributed by atoms with Crippen LogP contribution in [0.1, 0.15) is 36.4 Å². The van der Waals surface area contributed by atoms with E-state index in [1.165, 1.54) is 22.6 Å². The maximum absolute atomic E-state index is 5.57. The summed E-state index contributed by atoms with van der Waals surface area (Å²) in [6.45, 7) is 10.3. The smallest absolute Gasteiger partial charge is 0.0591 e. The first kappa shape index (κ1) is 14.7. The predicted molar refractivity (Wildman–Crippen MR) is 75.7 cm³/mol. The summed E-state index contributed by atoms with van der Waals surface area (Å²) in [5.74, 6) is 0.791. The molecule has 0 aliphatic heterocycles. The lowest BCUT2D eigenvalue weighted by molar-refractivity contribution is 0.129. The SMILES string of the molecule is Cc1ccc(CNCCOCCCC(C)C)s1. The minimum atomic E-state index is 0.791. The van der Waals surface area contributed by atoms with Gasteiger partial charge in [0.2, 0.25) is 0 Å². The zero-order chi connectivity index (χ0) is 12.5. The number of rotatable bonds is 9. The summed E-state index contributed by atoms with van der Waals surface area (Å²) >= 11 is 1.86. The van der Waals surface area contributed by atoms with Crippen LogP contribution in [0.2, 0.25) is 0 Å². The van der Waals surface area contributed by atoms with Crippen molar-refractivity contribution in [2.75, 3.05) is 19.8 Å². The Morgan fingerprint density at radius 1 is 1.29 bits per heavy atom. The molecule has 0 amide bonds. The molecular weight excluding hydrogens is 230 g/mol. The van der Waals surface area contributed by atoms with Crippen molar-refractivity contribution < 1.29 is 4.74 Å². The number of hydrogen-bond acceptors (Lipinski definition) is 3. The largest absolute Gasteiger partial charge is 0.380 e. The molecule has 1 rings (SSSR count). The monoisotopic (exact) mass is 255 g/mol. The zero-order valence-corrected chi connectivity index (χ0v) is 12.1. The lowest BCUT2D eigenvalue weighted by Gasteiger charge is -2.06. The van der Waals surface area contributed by atoms with Gasteiger partial charge in [0, 0.05) is 29.5 Å². The van der Waals surface area contributed by atoms with Crippen molar-refractivity contribution in [3.63, 3.8) is 0 Å². The molecule has 1 aromatic rings. The molecule has 0 saturated carbocycles. The highest BCUT2D eigenvalue weighted by molar-refractivity contribution is 7.11. The molecule has 0 atom stereocenters. The molecule has 0 aromatic carbocycles. The third-order valence-electron chi connectivity index (χ3n) is 2.59. The second-order valence-electron chi connectivity index (χ2n) is 4.84. The van der Waals surface area contributed by atoms with Crippen LogP contribution < -0.4 is 5.32 Å². The van der Waals surface area contributed by atoms with Crippen LogP contribution in [-0.4, -0.2) is 19.8 Å². The highest BCUT2D eigenvalue weighted by Crippen LogP contribution is 2.14. The molecule has 0 spiro atoms. The average molecular weight is 255 g/mol. The molecule has 0 unspecified atom stereocenters. The Balaban J connectivity index is 1.88. The van der Waals surface area contributed by atoms with Crippen molar-refractivity contribution in [1.82, 2.24) is 5.32 Å². The number of hydrogen-bond donors (Lipinski definition) is 1. The van der Waals surface area contributed by atoms with Gasteiger partial charge >= 0.3 is 0 Å². The van der Waals surface area contributed by atoms with Crippen molar-refractivity contribution in [3.8, 4) is 0 Å². The van der Waals surface area contributed by atoms with Gasteiger partial charge in [-0.1, -0.05) is 13.8 Å². The Bertz CT molecular complexity index is 296. The molecule has 3 heteroatoms. The van der Waals surface area contributed by atoms with Crippen LogP contribution in [0.4, 0.5) is 0 Å². The summed E-state index contributed by atoms with van der Waals surface area (Å²) in [6, 6.07) is 4.36. The van der Waals surface area contributed by atoms with Gasteiger partial charge in [-0.2, -0.15) is 0 Å². The van der Waals surface area contributed by atoms with Gasteiger partial charge in [-0.15, -0.1) is 11.3 Å². The molecule has 98 valence electrons. The quantitative estimate of drug-likeness (QED) is 0.681.